The second-order valence-corrected chi connectivity index (χ2v) is 6.80. The van der Waals surface area contributed by atoms with Crippen molar-refractivity contribution in [3.8, 4) is 0 Å². The summed E-state index contributed by atoms with van der Waals surface area (Å²) in [4.78, 5) is 14.9. The third kappa shape index (κ3) is 3.31. The molecular weight excluding hydrogens is 236 g/mol. The normalized spacial score (nSPS) is 31.2. The first-order valence-corrected chi connectivity index (χ1v) is 8.09. The van der Waals surface area contributed by atoms with E-state index in [1.807, 2.05) is 0 Å². The number of carbonyl (C=O) groups is 1. The van der Waals surface area contributed by atoms with Crippen LogP contribution >= 0.6 is 0 Å². The molecule has 3 heteroatoms. The van der Waals surface area contributed by atoms with Crippen molar-refractivity contribution >= 4 is 5.91 Å². The minimum absolute atomic E-state index is 0.0665. The summed E-state index contributed by atoms with van der Waals surface area (Å²) in [6.45, 7) is 9.53. The predicted molar refractivity (Wildman–Crippen MR) is 79.0 cm³/mol. The first-order chi connectivity index (χ1) is 9.07. The Bertz CT molecular complexity index is 310. The maximum Gasteiger partial charge on any atom is 0.228 e. The maximum absolute atomic E-state index is 12.8. The molecule has 1 heterocycles. The molecule has 1 N–H and O–H groups in total. The van der Waals surface area contributed by atoms with E-state index in [9.17, 15) is 4.79 Å². The molecule has 0 aromatic carbocycles. The molecule has 0 aromatic rings. The highest BCUT2D eigenvalue weighted by atomic mass is 16.2. The van der Waals surface area contributed by atoms with Gasteiger partial charge in [0, 0.05) is 24.5 Å². The topological polar surface area (TPSA) is 32.3 Å². The lowest BCUT2D eigenvalue weighted by Crippen LogP contribution is -2.53. The average Bonchev–Trinajstić information content (AvgIpc) is 2.41. The summed E-state index contributed by atoms with van der Waals surface area (Å²) < 4.78 is 0. The van der Waals surface area contributed by atoms with E-state index in [0.717, 1.165) is 38.9 Å². The number of likely N-dealkylation sites (tertiary alicyclic amines) is 1. The number of carbonyl (C=O) groups excluding carboxylic acids is 1. The van der Waals surface area contributed by atoms with Crippen molar-refractivity contribution in [2.75, 3.05) is 19.6 Å². The summed E-state index contributed by atoms with van der Waals surface area (Å²) in [7, 11) is 0. The van der Waals surface area contributed by atoms with Crippen molar-refractivity contribution in [3.63, 3.8) is 0 Å². The van der Waals surface area contributed by atoms with Crippen molar-refractivity contribution in [1.82, 2.24) is 10.2 Å². The average molecular weight is 266 g/mol. The quantitative estimate of drug-likeness (QED) is 0.852. The standard InChI is InChI=1S/C16H30N2O/c1-4-17-14-8-11-18(12-13(14)2)15(19)16(3)9-6-5-7-10-16/h13-14,17H,4-12H2,1-3H3. The van der Waals surface area contributed by atoms with E-state index >= 15 is 0 Å². The van der Waals surface area contributed by atoms with Crippen LogP contribution in [0, 0.1) is 11.3 Å². The molecule has 2 fully saturated rings. The molecule has 0 aromatic heterocycles. The van der Waals surface area contributed by atoms with E-state index in [4.69, 9.17) is 0 Å². The summed E-state index contributed by atoms with van der Waals surface area (Å²) in [6, 6.07) is 0.591. The van der Waals surface area contributed by atoms with Crippen LogP contribution in [0.15, 0.2) is 0 Å². The van der Waals surface area contributed by atoms with Crippen LogP contribution < -0.4 is 5.32 Å². The number of nitrogens with one attached hydrogen (secondary N) is 1. The molecule has 1 amide bonds. The van der Waals surface area contributed by atoms with Crippen molar-refractivity contribution in [3.05, 3.63) is 0 Å². The summed E-state index contributed by atoms with van der Waals surface area (Å²) in [6.07, 6.45) is 7.05. The van der Waals surface area contributed by atoms with Gasteiger partial charge in [0.25, 0.3) is 0 Å². The number of amides is 1. The lowest BCUT2D eigenvalue weighted by Gasteiger charge is -2.42. The first-order valence-electron chi connectivity index (χ1n) is 8.09. The van der Waals surface area contributed by atoms with Crippen LogP contribution in [-0.4, -0.2) is 36.5 Å². The van der Waals surface area contributed by atoms with E-state index in [2.05, 4.69) is 31.0 Å². The fraction of sp³-hybridized carbons (Fsp3) is 0.938. The summed E-state index contributed by atoms with van der Waals surface area (Å²) in [5.74, 6) is 0.999. The third-order valence-corrected chi connectivity index (χ3v) is 5.13. The minimum atomic E-state index is -0.0665. The highest BCUT2D eigenvalue weighted by Crippen LogP contribution is 2.38. The van der Waals surface area contributed by atoms with Gasteiger partial charge in [0.15, 0.2) is 0 Å². The molecule has 0 bridgehead atoms. The molecule has 2 rings (SSSR count). The zero-order valence-corrected chi connectivity index (χ0v) is 12.9. The second kappa shape index (κ2) is 6.25. The first kappa shape index (κ1) is 14.8. The lowest BCUT2D eigenvalue weighted by atomic mass is 9.74. The molecule has 2 aliphatic rings. The van der Waals surface area contributed by atoms with E-state index in [0.29, 0.717) is 17.9 Å². The molecule has 3 nitrogen and oxygen atoms in total. The Morgan fingerprint density at radius 2 is 2.00 bits per heavy atom. The summed E-state index contributed by atoms with van der Waals surface area (Å²) in [5.41, 5.74) is -0.0665. The van der Waals surface area contributed by atoms with Crippen LogP contribution in [0.1, 0.15) is 59.3 Å². The fourth-order valence-corrected chi connectivity index (χ4v) is 3.82. The Hall–Kier alpha value is -0.570. The van der Waals surface area contributed by atoms with Crippen molar-refractivity contribution in [2.45, 2.75) is 65.3 Å². The van der Waals surface area contributed by atoms with Gasteiger partial charge < -0.3 is 10.2 Å². The number of hydrogen-bond acceptors (Lipinski definition) is 2. The van der Waals surface area contributed by atoms with Crippen molar-refractivity contribution in [2.24, 2.45) is 11.3 Å². The van der Waals surface area contributed by atoms with Gasteiger partial charge in [-0.2, -0.15) is 0 Å². The van der Waals surface area contributed by atoms with Crippen molar-refractivity contribution in [1.29, 1.82) is 0 Å². The lowest BCUT2D eigenvalue weighted by molar-refractivity contribution is -0.145. The molecule has 1 aliphatic carbocycles. The molecule has 19 heavy (non-hydrogen) atoms. The largest absolute Gasteiger partial charge is 0.342 e. The second-order valence-electron chi connectivity index (χ2n) is 6.80. The molecule has 0 radical (unpaired) electrons. The Balaban J connectivity index is 1.94. The smallest absolute Gasteiger partial charge is 0.228 e. The van der Waals surface area contributed by atoms with E-state index < -0.39 is 0 Å². The number of piperidine rings is 1. The van der Waals surface area contributed by atoms with Gasteiger partial charge in [-0.05, 0) is 31.7 Å². The molecule has 2 atom stereocenters. The Kier molecular flexibility index (Phi) is 4.88. The van der Waals surface area contributed by atoms with Gasteiger partial charge in [-0.15, -0.1) is 0 Å². The highest BCUT2D eigenvalue weighted by molar-refractivity contribution is 5.82. The zero-order chi connectivity index (χ0) is 13.9. The van der Waals surface area contributed by atoms with E-state index in [1.54, 1.807) is 0 Å². The van der Waals surface area contributed by atoms with Crippen molar-refractivity contribution < 1.29 is 4.79 Å². The molecule has 0 spiro atoms. The molecule has 2 unspecified atom stereocenters. The molecule has 1 aliphatic heterocycles. The maximum atomic E-state index is 12.8. The molecular formula is C16H30N2O. The van der Waals surface area contributed by atoms with Gasteiger partial charge >= 0.3 is 0 Å². The zero-order valence-electron chi connectivity index (χ0n) is 12.9. The molecule has 1 saturated heterocycles. The summed E-state index contributed by atoms with van der Waals surface area (Å²) in [5, 5.41) is 3.54. The van der Waals surface area contributed by atoms with Gasteiger partial charge in [-0.1, -0.05) is 40.0 Å². The van der Waals surface area contributed by atoms with Gasteiger partial charge in [0.2, 0.25) is 5.91 Å². The molecule has 1 saturated carbocycles. The number of hydrogen-bond donors (Lipinski definition) is 1. The fourth-order valence-electron chi connectivity index (χ4n) is 3.82. The van der Waals surface area contributed by atoms with Crippen LogP contribution in [0.2, 0.25) is 0 Å². The van der Waals surface area contributed by atoms with Crippen LogP contribution in [0.25, 0.3) is 0 Å². The predicted octanol–water partition coefficient (Wildman–Crippen LogP) is 2.80. The van der Waals surface area contributed by atoms with Crippen LogP contribution in [0.3, 0.4) is 0 Å². The van der Waals surface area contributed by atoms with Crippen LogP contribution in [0.5, 0.6) is 0 Å². The SMILES string of the molecule is CCNC1CCN(C(=O)C2(C)CCCCC2)CC1C. The monoisotopic (exact) mass is 266 g/mol. The third-order valence-electron chi connectivity index (χ3n) is 5.13. The van der Waals surface area contributed by atoms with E-state index in [-0.39, 0.29) is 5.41 Å². The van der Waals surface area contributed by atoms with E-state index in [1.165, 1.54) is 19.3 Å². The van der Waals surface area contributed by atoms with Gasteiger partial charge in [0.05, 0.1) is 0 Å². The number of nitrogens with zero attached hydrogens (tertiary/aromatic N) is 1. The Morgan fingerprint density at radius 1 is 1.32 bits per heavy atom. The number of rotatable bonds is 3. The van der Waals surface area contributed by atoms with Gasteiger partial charge in [-0.3, -0.25) is 4.79 Å². The van der Waals surface area contributed by atoms with Gasteiger partial charge in [0.1, 0.15) is 0 Å². The summed E-state index contributed by atoms with van der Waals surface area (Å²) >= 11 is 0. The van der Waals surface area contributed by atoms with Crippen LogP contribution in [-0.2, 0) is 4.79 Å². The minimum Gasteiger partial charge on any atom is -0.342 e. The Labute approximate surface area is 118 Å². The highest BCUT2D eigenvalue weighted by Gasteiger charge is 2.39. The van der Waals surface area contributed by atoms with Crippen LogP contribution in [0.4, 0.5) is 0 Å². The van der Waals surface area contributed by atoms with Gasteiger partial charge in [-0.25, -0.2) is 0 Å². The Morgan fingerprint density at radius 3 is 2.58 bits per heavy atom. The molecule has 110 valence electrons.